The number of alkyl halides is 3. The first-order chi connectivity index (χ1) is 13.4. The maximum atomic E-state index is 11.8. The fourth-order valence-electron chi connectivity index (χ4n) is 2.91. The van der Waals surface area contributed by atoms with E-state index in [2.05, 4.69) is 35.1 Å². The number of carbonyl (C=O) groups is 1. The summed E-state index contributed by atoms with van der Waals surface area (Å²) in [6.45, 7) is 4.95. The molecular weight excluding hydrogens is 373 g/mol. The summed E-state index contributed by atoms with van der Waals surface area (Å²) in [6, 6.07) is 4.04. The van der Waals surface area contributed by atoms with Crippen LogP contribution in [0.25, 0.3) is 11.0 Å². The van der Waals surface area contributed by atoms with Crippen molar-refractivity contribution in [3.05, 3.63) is 30.3 Å². The second kappa shape index (κ2) is 9.88. The molecule has 1 saturated heterocycles. The molecule has 156 valence electrons. The molecule has 1 aliphatic rings. The summed E-state index contributed by atoms with van der Waals surface area (Å²) in [6.07, 6.45) is 3.71. The van der Waals surface area contributed by atoms with Gasteiger partial charge in [-0.15, -0.1) is 0 Å². The Bertz CT molecular complexity index is 702. The monoisotopic (exact) mass is 400 g/mol. The lowest BCUT2D eigenvalue weighted by atomic mass is 9.98. The number of piperazine rings is 1. The van der Waals surface area contributed by atoms with Crippen molar-refractivity contribution in [1.29, 1.82) is 0 Å². The van der Waals surface area contributed by atoms with Gasteiger partial charge in [0.15, 0.2) is 0 Å². The largest absolute Gasteiger partial charge is 0.459 e. The molecule has 3 rings (SSSR count). The van der Waals surface area contributed by atoms with Crippen molar-refractivity contribution in [2.24, 2.45) is 0 Å². The molecule has 0 radical (unpaired) electrons. The van der Waals surface area contributed by atoms with Gasteiger partial charge < -0.3 is 15.1 Å². The summed E-state index contributed by atoms with van der Waals surface area (Å²) < 4.78 is 41.4. The molecule has 9 heteroatoms. The van der Waals surface area contributed by atoms with Gasteiger partial charge in [-0.25, -0.2) is 13.2 Å². The SMILES string of the molecule is CC(C)(c1cc2cnccc2o1)N1CCNCC1.O=CNC(CF)(CF)CF. The third-order valence-corrected chi connectivity index (χ3v) is 4.96. The molecule has 3 heterocycles. The van der Waals surface area contributed by atoms with Crippen LogP contribution in [0.2, 0.25) is 0 Å². The molecular formula is C19H27F3N4O2. The lowest BCUT2D eigenvalue weighted by molar-refractivity contribution is -0.112. The number of aromatic nitrogens is 1. The van der Waals surface area contributed by atoms with Crippen molar-refractivity contribution in [3.63, 3.8) is 0 Å². The lowest BCUT2D eigenvalue weighted by Gasteiger charge is -2.39. The number of pyridine rings is 1. The average molecular weight is 400 g/mol. The minimum atomic E-state index is -1.94. The van der Waals surface area contributed by atoms with Crippen LogP contribution in [-0.4, -0.2) is 68.0 Å². The molecule has 2 aromatic heterocycles. The van der Waals surface area contributed by atoms with Crippen LogP contribution in [0.4, 0.5) is 13.2 Å². The first kappa shape index (κ1) is 22.2. The highest BCUT2D eigenvalue weighted by Crippen LogP contribution is 2.32. The van der Waals surface area contributed by atoms with E-state index in [0.717, 1.165) is 42.9 Å². The van der Waals surface area contributed by atoms with Crippen molar-refractivity contribution in [2.75, 3.05) is 46.2 Å². The molecule has 2 aromatic rings. The molecule has 2 N–H and O–H groups in total. The molecule has 0 spiro atoms. The van der Waals surface area contributed by atoms with Gasteiger partial charge in [0.25, 0.3) is 0 Å². The van der Waals surface area contributed by atoms with Crippen molar-refractivity contribution in [1.82, 2.24) is 20.5 Å². The van der Waals surface area contributed by atoms with Gasteiger partial charge in [0, 0.05) is 44.0 Å². The van der Waals surface area contributed by atoms with Gasteiger partial charge in [-0.2, -0.15) is 0 Å². The van der Waals surface area contributed by atoms with Crippen LogP contribution < -0.4 is 10.6 Å². The predicted molar refractivity (Wildman–Crippen MR) is 101 cm³/mol. The second-order valence-corrected chi connectivity index (χ2v) is 7.26. The van der Waals surface area contributed by atoms with E-state index >= 15 is 0 Å². The maximum Gasteiger partial charge on any atom is 0.207 e. The maximum absolute atomic E-state index is 11.8. The van der Waals surface area contributed by atoms with Crippen molar-refractivity contribution < 1.29 is 22.4 Å². The lowest BCUT2D eigenvalue weighted by Crippen LogP contribution is -2.51. The number of furan rings is 1. The van der Waals surface area contributed by atoms with Crippen LogP contribution in [0, 0.1) is 0 Å². The van der Waals surface area contributed by atoms with E-state index in [9.17, 15) is 18.0 Å². The van der Waals surface area contributed by atoms with Gasteiger partial charge in [0.05, 0.1) is 5.54 Å². The van der Waals surface area contributed by atoms with Crippen LogP contribution in [0.1, 0.15) is 19.6 Å². The van der Waals surface area contributed by atoms with E-state index in [-0.39, 0.29) is 11.9 Å². The van der Waals surface area contributed by atoms with E-state index in [1.807, 2.05) is 12.3 Å². The molecule has 0 saturated carbocycles. The Balaban J connectivity index is 0.000000242. The second-order valence-electron chi connectivity index (χ2n) is 7.26. The van der Waals surface area contributed by atoms with E-state index in [1.165, 1.54) is 0 Å². The number of halogens is 3. The van der Waals surface area contributed by atoms with Gasteiger partial charge in [-0.1, -0.05) is 0 Å². The number of nitrogens with zero attached hydrogens (tertiary/aromatic N) is 2. The van der Waals surface area contributed by atoms with E-state index in [1.54, 1.807) is 11.5 Å². The fraction of sp³-hybridized carbons (Fsp3) is 0.579. The van der Waals surface area contributed by atoms with Crippen molar-refractivity contribution in [2.45, 2.75) is 24.9 Å². The number of nitrogens with one attached hydrogen (secondary N) is 2. The van der Waals surface area contributed by atoms with Crippen molar-refractivity contribution >= 4 is 17.4 Å². The molecule has 0 bridgehead atoms. The summed E-state index contributed by atoms with van der Waals surface area (Å²) in [5, 5.41) is 6.20. The summed E-state index contributed by atoms with van der Waals surface area (Å²) >= 11 is 0. The molecule has 0 unspecified atom stereocenters. The smallest absolute Gasteiger partial charge is 0.207 e. The quantitative estimate of drug-likeness (QED) is 0.699. The topological polar surface area (TPSA) is 70.4 Å². The van der Waals surface area contributed by atoms with Crippen LogP contribution in [0.15, 0.2) is 28.9 Å². The Morgan fingerprint density at radius 1 is 1.25 bits per heavy atom. The predicted octanol–water partition coefficient (Wildman–Crippen LogP) is 2.35. The van der Waals surface area contributed by atoms with E-state index in [0.29, 0.717) is 0 Å². The third kappa shape index (κ3) is 5.02. The molecule has 0 atom stereocenters. The van der Waals surface area contributed by atoms with Crippen LogP contribution in [-0.2, 0) is 10.3 Å². The van der Waals surface area contributed by atoms with Crippen LogP contribution >= 0.6 is 0 Å². The molecule has 1 aliphatic heterocycles. The number of fused-ring (bicyclic) bond motifs is 1. The minimum Gasteiger partial charge on any atom is -0.459 e. The average Bonchev–Trinajstić information content (AvgIpc) is 3.18. The van der Waals surface area contributed by atoms with Crippen LogP contribution in [0.3, 0.4) is 0 Å². The van der Waals surface area contributed by atoms with E-state index < -0.39 is 25.6 Å². The molecule has 1 amide bonds. The Morgan fingerprint density at radius 2 is 1.89 bits per heavy atom. The third-order valence-electron chi connectivity index (χ3n) is 4.96. The highest BCUT2D eigenvalue weighted by molar-refractivity contribution is 5.76. The summed E-state index contributed by atoms with van der Waals surface area (Å²) in [5.41, 5.74) is -1.09. The summed E-state index contributed by atoms with van der Waals surface area (Å²) in [4.78, 5) is 16.3. The molecule has 0 aliphatic carbocycles. The highest BCUT2D eigenvalue weighted by Gasteiger charge is 2.33. The van der Waals surface area contributed by atoms with Gasteiger partial charge >= 0.3 is 0 Å². The van der Waals surface area contributed by atoms with E-state index in [4.69, 9.17) is 4.42 Å². The molecule has 28 heavy (non-hydrogen) atoms. The minimum absolute atomic E-state index is 0.0683. The standard InChI is InChI=1S/C14H19N3O.C5H8F3NO/c1-14(2,17-7-5-15-6-8-17)13-9-11-10-16-4-3-12(11)18-13;6-1-5(2-7,3-8)9-4-10/h3-4,9-10,15H,5-8H2,1-2H3;4H,1-3H2,(H,9,10). The zero-order valence-electron chi connectivity index (χ0n) is 16.2. The number of hydrogen-bond donors (Lipinski definition) is 2. The zero-order chi connectivity index (χ0) is 20.6. The van der Waals surface area contributed by atoms with Crippen molar-refractivity contribution in [3.8, 4) is 0 Å². The normalized spacial score (nSPS) is 15.8. The fourth-order valence-corrected chi connectivity index (χ4v) is 2.91. The first-order valence-corrected chi connectivity index (χ1v) is 9.11. The summed E-state index contributed by atoms with van der Waals surface area (Å²) in [5.74, 6) is 1.02. The Morgan fingerprint density at radius 3 is 2.39 bits per heavy atom. The van der Waals surface area contributed by atoms with Gasteiger partial charge in [0.1, 0.15) is 36.9 Å². The zero-order valence-corrected chi connectivity index (χ0v) is 16.2. The molecule has 1 fully saturated rings. The van der Waals surface area contributed by atoms with Crippen LogP contribution in [0.5, 0.6) is 0 Å². The Hall–Kier alpha value is -2.13. The molecule has 0 aromatic carbocycles. The Labute approximate surface area is 162 Å². The summed E-state index contributed by atoms with van der Waals surface area (Å²) in [7, 11) is 0. The van der Waals surface area contributed by atoms with Gasteiger partial charge in [0.2, 0.25) is 6.41 Å². The number of hydrogen-bond acceptors (Lipinski definition) is 5. The number of carbonyl (C=O) groups excluding carboxylic acids is 1. The number of amides is 1. The number of rotatable bonds is 7. The Kier molecular flexibility index (Phi) is 7.82. The van der Waals surface area contributed by atoms with Gasteiger partial charge in [-0.3, -0.25) is 14.7 Å². The first-order valence-electron chi connectivity index (χ1n) is 9.11. The molecule has 6 nitrogen and oxygen atoms in total. The highest BCUT2D eigenvalue weighted by atomic mass is 19.1. The van der Waals surface area contributed by atoms with Gasteiger partial charge in [-0.05, 0) is 26.0 Å².